The first-order valence-corrected chi connectivity index (χ1v) is 10.1. The van der Waals surface area contributed by atoms with Gasteiger partial charge in [0.1, 0.15) is 0 Å². The van der Waals surface area contributed by atoms with E-state index in [1.165, 1.54) is 12.8 Å². The highest BCUT2D eigenvalue weighted by Crippen LogP contribution is 2.28. The molecule has 0 amide bonds. The lowest BCUT2D eigenvalue weighted by molar-refractivity contribution is 0.0951. The van der Waals surface area contributed by atoms with E-state index in [9.17, 15) is 0 Å². The zero-order valence-corrected chi connectivity index (χ0v) is 15.3. The number of aromatic nitrogens is 3. The van der Waals surface area contributed by atoms with Crippen LogP contribution in [0, 0.1) is 17.2 Å². The number of thioether (sulfide) groups is 1. The number of piperidine rings is 1. The molecular weight excluding hydrogens is 322 g/mol. The lowest BCUT2D eigenvalue weighted by atomic mass is 10.00. The van der Waals surface area contributed by atoms with Crippen molar-refractivity contribution in [1.29, 1.82) is 5.26 Å². The largest absolute Gasteiger partial charge is 0.376 e. The van der Waals surface area contributed by atoms with Crippen molar-refractivity contribution in [2.45, 2.75) is 63.3 Å². The Labute approximate surface area is 148 Å². The molecule has 2 aliphatic heterocycles. The number of nitrogens with zero attached hydrogens (tertiary/aromatic N) is 5. The number of unbranched alkanes of at least 4 members (excludes halogenated alkanes) is 1. The molecule has 3 rings (SSSR count). The zero-order chi connectivity index (χ0) is 16.8. The molecule has 2 saturated heterocycles. The Morgan fingerprint density at radius 2 is 2.12 bits per heavy atom. The molecule has 6 nitrogen and oxygen atoms in total. The molecular formula is C17H27N5OS. The molecule has 2 aliphatic rings. The van der Waals surface area contributed by atoms with Gasteiger partial charge in [0, 0.05) is 31.9 Å². The lowest BCUT2D eigenvalue weighted by Crippen LogP contribution is -2.35. The highest BCUT2D eigenvalue weighted by Gasteiger charge is 2.25. The Kier molecular flexibility index (Phi) is 6.38. The van der Waals surface area contributed by atoms with Gasteiger partial charge < -0.3 is 9.64 Å². The first kappa shape index (κ1) is 17.6. The summed E-state index contributed by atoms with van der Waals surface area (Å²) >= 11 is 1.71. The van der Waals surface area contributed by atoms with Gasteiger partial charge in [-0.2, -0.15) is 5.26 Å². The van der Waals surface area contributed by atoms with Crippen LogP contribution >= 0.6 is 11.8 Å². The maximum atomic E-state index is 8.69. The predicted octanol–water partition coefficient (Wildman–Crippen LogP) is 3.09. The lowest BCUT2D eigenvalue weighted by Gasteiger charge is -2.31. The van der Waals surface area contributed by atoms with Crippen LogP contribution in [0.25, 0.3) is 0 Å². The fourth-order valence-electron chi connectivity index (χ4n) is 3.30. The smallest absolute Gasteiger partial charge is 0.228 e. The summed E-state index contributed by atoms with van der Waals surface area (Å²) in [6, 6.07) is 2.20. The van der Waals surface area contributed by atoms with E-state index >= 15 is 0 Å². The maximum Gasteiger partial charge on any atom is 0.228 e. The van der Waals surface area contributed by atoms with Crippen LogP contribution in [0.3, 0.4) is 0 Å². The Hall–Kier alpha value is -1.26. The molecule has 3 heterocycles. The fraction of sp³-hybridized carbons (Fsp3) is 0.824. The molecule has 132 valence electrons. The summed E-state index contributed by atoms with van der Waals surface area (Å²) in [4.78, 5) is 2.38. The van der Waals surface area contributed by atoms with E-state index < -0.39 is 0 Å². The molecule has 0 aliphatic carbocycles. The SMILES string of the molecule is CC1CCN(c2nnc(SCCCC#N)n2C[C@@H]2CCCO2)CC1. The Bertz CT molecular complexity index is 556. The monoisotopic (exact) mass is 349 g/mol. The van der Waals surface area contributed by atoms with Gasteiger partial charge in [-0.05, 0) is 38.0 Å². The number of hydrogen-bond donors (Lipinski definition) is 0. The first-order chi connectivity index (χ1) is 11.8. The van der Waals surface area contributed by atoms with Gasteiger partial charge in [-0.15, -0.1) is 10.2 Å². The van der Waals surface area contributed by atoms with Gasteiger partial charge in [-0.1, -0.05) is 18.7 Å². The minimum Gasteiger partial charge on any atom is -0.376 e. The molecule has 0 radical (unpaired) electrons. The van der Waals surface area contributed by atoms with Crippen LogP contribution in [0.15, 0.2) is 5.16 Å². The molecule has 7 heteroatoms. The van der Waals surface area contributed by atoms with E-state index in [1.807, 2.05) is 0 Å². The molecule has 1 aromatic rings. The standard InChI is InChI=1S/C17H27N5OS/c1-14-6-9-21(10-7-14)16-19-20-17(24-12-3-2-8-18)22(16)13-15-5-4-11-23-15/h14-15H,2-7,9-13H2,1H3/t15-/m0/s1. The van der Waals surface area contributed by atoms with Crippen molar-refractivity contribution in [3.05, 3.63) is 0 Å². The summed E-state index contributed by atoms with van der Waals surface area (Å²) in [5, 5.41) is 18.6. The van der Waals surface area contributed by atoms with Gasteiger partial charge in [-0.25, -0.2) is 0 Å². The summed E-state index contributed by atoms with van der Waals surface area (Å²) in [5.41, 5.74) is 0. The van der Waals surface area contributed by atoms with Crippen LogP contribution in [0.2, 0.25) is 0 Å². The molecule has 0 unspecified atom stereocenters. The summed E-state index contributed by atoms with van der Waals surface area (Å²) in [6.07, 6.45) is 6.48. The Morgan fingerprint density at radius 3 is 2.83 bits per heavy atom. The number of rotatable bonds is 7. The summed E-state index contributed by atoms with van der Waals surface area (Å²) in [7, 11) is 0. The molecule has 24 heavy (non-hydrogen) atoms. The second-order valence-electron chi connectivity index (χ2n) is 6.81. The quantitative estimate of drug-likeness (QED) is 0.557. The highest BCUT2D eigenvalue weighted by molar-refractivity contribution is 7.99. The molecule has 1 atom stereocenters. The number of anilines is 1. The zero-order valence-electron chi connectivity index (χ0n) is 14.5. The Balaban J connectivity index is 1.71. The van der Waals surface area contributed by atoms with Gasteiger partial charge in [0.25, 0.3) is 0 Å². The number of ether oxygens (including phenoxy) is 1. The van der Waals surface area contributed by atoms with Crippen molar-refractivity contribution in [3.63, 3.8) is 0 Å². The Morgan fingerprint density at radius 1 is 1.29 bits per heavy atom. The third kappa shape index (κ3) is 4.42. The average Bonchev–Trinajstić information content (AvgIpc) is 3.24. The topological polar surface area (TPSA) is 67.0 Å². The molecule has 2 fully saturated rings. The van der Waals surface area contributed by atoms with Gasteiger partial charge in [-0.3, -0.25) is 4.57 Å². The van der Waals surface area contributed by atoms with Crippen molar-refractivity contribution < 1.29 is 4.74 Å². The summed E-state index contributed by atoms with van der Waals surface area (Å²) in [5.74, 6) is 2.71. The minimum atomic E-state index is 0.280. The normalized spacial score (nSPS) is 22.0. The fourth-order valence-corrected chi connectivity index (χ4v) is 4.18. The van der Waals surface area contributed by atoms with E-state index in [2.05, 4.69) is 32.7 Å². The van der Waals surface area contributed by atoms with Crippen LogP contribution < -0.4 is 4.90 Å². The van der Waals surface area contributed by atoms with Crippen LogP contribution in [-0.2, 0) is 11.3 Å². The van der Waals surface area contributed by atoms with Crippen molar-refractivity contribution in [1.82, 2.24) is 14.8 Å². The molecule has 0 N–H and O–H groups in total. The van der Waals surface area contributed by atoms with Crippen LogP contribution in [-0.4, -0.2) is 46.3 Å². The predicted molar refractivity (Wildman–Crippen MR) is 95.2 cm³/mol. The average molecular weight is 350 g/mol. The van der Waals surface area contributed by atoms with Crippen molar-refractivity contribution >= 4 is 17.7 Å². The second-order valence-corrected chi connectivity index (χ2v) is 7.87. The molecule has 0 aromatic carbocycles. The van der Waals surface area contributed by atoms with Crippen molar-refractivity contribution in [2.75, 3.05) is 30.3 Å². The molecule has 1 aromatic heterocycles. The van der Waals surface area contributed by atoms with Gasteiger partial charge in [0.15, 0.2) is 5.16 Å². The van der Waals surface area contributed by atoms with E-state index in [-0.39, 0.29) is 6.10 Å². The third-order valence-corrected chi connectivity index (χ3v) is 5.89. The minimum absolute atomic E-state index is 0.280. The van der Waals surface area contributed by atoms with Gasteiger partial charge >= 0.3 is 0 Å². The van der Waals surface area contributed by atoms with E-state index in [4.69, 9.17) is 10.00 Å². The van der Waals surface area contributed by atoms with Gasteiger partial charge in [0.2, 0.25) is 5.95 Å². The van der Waals surface area contributed by atoms with Gasteiger partial charge in [0.05, 0.1) is 18.7 Å². The summed E-state index contributed by atoms with van der Waals surface area (Å²) in [6.45, 7) is 6.15. The van der Waals surface area contributed by atoms with E-state index in [0.717, 1.165) is 68.3 Å². The third-order valence-electron chi connectivity index (χ3n) is 4.84. The summed E-state index contributed by atoms with van der Waals surface area (Å²) < 4.78 is 8.09. The molecule has 0 saturated carbocycles. The van der Waals surface area contributed by atoms with Crippen LogP contribution in [0.5, 0.6) is 0 Å². The van der Waals surface area contributed by atoms with Crippen LogP contribution in [0.4, 0.5) is 5.95 Å². The second kappa shape index (κ2) is 8.72. The highest BCUT2D eigenvalue weighted by atomic mass is 32.2. The van der Waals surface area contributed by atoms with E-state index in [1.54, 1.807) is 11.8 Å². The molecule has 0 spiro atoms. The first-order valence-electron chi connectivity index (χ1n) is 9.07. The van der Waals surface area contributed by atoms with Crippen molar-refractivity contribution in [3.8, 4) is 6.07 Å². The number of hydrogen-bond acceptors (Lipinski definition) is 6. The maximum absolute atomic E-state index is 8.69. The van der Waals surface area contributed by atoms with Crippen molar-refractivity contribution in [2.24, 2.45) is 5.92 Å². The van der Waals surface area contributed by atoms with Crippen LogP contribution in [0.1, 0.15) is 45.4 Å². The van der Waals surface area contributed by atoms with E-state index in [0.29, 0.717) is 6.42 Å². The number of nitriles is 1. The molecule has 0 bridgehead atoms.